The molecular formula is C19H14F4N4OS. The van der Waals surface area contributed by atoms with Gasteiger partial charge < -0.3 is 4.90 Å². The minimum atomic E-state index is -4.82. The highest BCUT2D eigenvalue weighted by molar-refractivity contribution is 7.81. The fourth-order valence-corrected chi connectivity index (χ4v) is 4.46. The van der Waals surface area contributed by atoms with E-state index in [0.29, 0.717) is 18.9 Å². The summed E-state index contributed by atoms with van der Waals surface area (Å²) in [6.07, 6.45) is -2.19. The van der Waals surface area contributed by atoms with Crippen LogP contribution in [0.15, 0.2) is 36.5 Å². The van der Waals surface area contributed by atoms with Crippen LogP contribution in [0.2, 0.25) is 0 Å². The maximum Gasteiger partial charge on any atom is 0.419 e. The fourth-order valence-electron chi connectivity index (χ4n) is 3.88. The zero-order valence-electron chi connectivity index (χ0n) is 14.8. The molecule has 1 spiro atoms. The van der Waals surface area contributed by atoms with Crippen LogP contribution in [0.3, 0.4) is 0 Å². The molecular weight excluding hydrogens is 408 g/mol. The summed E-state index contributed by atoms with van der Waals surface area (Å²) < 4.78 is 54.5. The number of nitriles is 1. The van der Waals surface area contributed by atoms with Crippen LogP contribution in [0.25, 0.3) is 0 Å². The third kappa shape index (κ3) is 2.83. The van der Waals surface area contributed by atoms with Gasteiger partial charge in [-0.05, 0) is 37.5 Å². The van der Waals surface area contributed by atoms with Crippen molar-refractivity contribution in [1.29, 1.82) is 5.26 Å². The smallest absolute Gasteiger partial charge is 0.325 e. The Morgan fingerprint density at radius 3 is 2.52 bits per heavy atom. The van der Waals surface area contributed by atoms with Crippen molar-refractivity contribution in [1.82, 2.24) is 4.98 Å². The molecule has 2 fully saturated rings. The van der Waals surface area contributed by atoms with Gasteiger partial charge in [-0.3, -0.25) is 9.69 Å². The molecule has 2 heterocycles. The van der Waals surface area contributed by atoms with Gasteiger partial charge in [0.25, 0.3) is 5.91 Å². The van der Waals surface area contributed by atoms with Crippen LogP contribution in [-0.2, 0) is 11.0 Å². The van der Waals surface area contributed by atoms with Crippen molar-refractivity contribution >= 4 is 29.9 Å². The Balaban J connectivity index is 1.83. The van der Waals surface area contributed by atoms with Gasteiger partial charge in [-0.15, -0.1) is 12.6 Å². The van der Waals surface area contributed by atoms with E-state index in [1.807, 2.05) is 0 Å². The Kier molecular flexibility index (Phi) is 4.46. The number of nitrogens with zero attached hydrogens (tertiary/aromatic N) is 4. The number of thiol groups is 1. The van der Waals surface area contributed by atoms with Gasteiger partial charge in [0, 0.05) is 0 Å². The summed E-state index contributed by atoms with van der Waals surface area (Å²) in [5, 5.41) is 8.94. The second-order valence-electron chi connectivity index (χ2n) is 6.93. The summed E-state index contributed by atoms with van der Waals surface area (Å²) in [5.41, 5.74) is -4.12. The highest BCUT2D eigenvalue weighted by atomic mass is 32.1. The second kappa shape index (κ2) is 6.62. The molecule has 0 bridgehead atoms. The molecule has 0 radical (unpaired) electrons. The lowest BCUT2D eigenvalue weighted by molar-refractivity contribution is -0.138. The van der Waals surface area contributed by atoms with E-state index < -0.39 is 40.2 Å². The summed E-state index contributed by atoms with van der Waals surface area (Å²) in [5.74, 6) is -1.02. The van der Waals surface area contributed by atoms with Crippen LogP contribution in [0.5, 0.6) is 0 Å². The first-order valence-electron chi connectivity index (χ1n) is 8.73. The molecule has 1 aromatic heterocycles. The van der Waals surface area contributed by atoms with Gasteiger partial charge in [0.15, 0.2) is 11.2 Å². The van der Waals surface area contributed by atoms with E-state index in [4.69, 9.17) is 5.26 Å². The number of hydrogen-bond donors (Lipinski definition) is 1. The molecule has 1 saturated heterocycles. The maximum absolute atomic E-state index is 14.5. The lowest BCUT2D eigenvalue weighted by Gasteiger charge is -2.44. The molecule has 1 saturated carbocycles. The van der Waals surface area contributed by atoms with Crippen molar-refractivity contribution in [3.8, 4) is 6.07 Å². The van der Waals surface area contributed by atoms with Crippen LogP contribution in [0.1, 0.15) is 30.5 Å². The van der Waals surface area contributed by atoms with Crippen molar-refractivity contribution in [2.24, 2.45) is 0 Å². The van der Waals surface area contributed by atoms with Gasteiger partial charge in [-0.1, -0.05) is 12.1 Å². The summed E-state index contributed by atoms with van der Waals surface area (Å²) in [7, 11) is 0. The molecule has 29 heavy (non-hydrogen) atoms. The highest BCUT2D eigenvalue weighted by Gasteiger charge is 2.60. The molecule has 4 rings (SSSR count). The van der Waals surface area contributed by atoms with Gasteiger partial charge in [-0.25, -0.2) is 9.37 Å². The van der Waals surface area contributed by atoms with E-state index in [9.17, 15) is 22.4 Å². The number of halogens is 4. The summed E-state index contributed by atoms with van der Waals surface area (Å²) in [6, 6.07) is 8.00. The van der Waals surface area contributed by atoms with Gasteiger partial charge in [0.2, 0.25) is 0 Å². The number of pyridine rings is 1. The SMILES string of the molecule is N#Cc1ncc(N2C(=O)C3(CCC3)N(c3ccccc3F)C2S)cc1C(F)(F)F. The second-order valence-corrected chi connectivity index (χ2v) is 7.39. The van der Waals surface area contributed by atoms with Gasteiger partial charge in [-0.2, -0.15) is 18.4 Å². The molecule has 5 nitrogen and oxygen atoms in total. The van der Waals surface area contributed by atoms with Crippen molar-refractivity contribution in [3.05, 3.63) is 53.6 Å². The van der Waals surface area contributed by atoms with Crippen LogP contribution in [-0.4, -0.2) is 21.9 Å². The summed E-state index contributed by atoms with van der Waals surface area (Å²) in [6.45, 7) is 0. The quantitative estimate of drug-likeness (QED) is 0.585. The largest absolute Gasteiger partial charge is 0.419 e. The van der Waals surface area contributed by atoms with E-state index in [1.54, 1.807) is 6.07 Å². The molecule has 0 N–H and O–H groups in total. The Labute approximate surface area is 169 Å². The minimum absolute atomic E-state index is 0.147. The van der Waals surface area contributed by atoms with Gasteiger partial charge in [0.1, 0.15) is 17.4 Å². The van der Waals surface area contributed by atoms with Gasteiger partial charge in [0.05, 0.1) is 23.1 Å². The molecule has 1 unspecified atom stereocenters. The topological polar surface area (TPSA) is 60.2 Å². The minimum Gasteiger partial charge on any atom is -0.325 e. The molecule has 150 valence electrons. The highest BCUT2D eigenvalue weighted by Crippen LogP contribution is 2.50. The molecule has 1 aliphatic carbocycles. The molecule has 2 aromatic rings. The molecule has 1 aromatic carbocycles. The monoisotopic (exact) mass is 422 g/mol. The normalized spacial score (nSPS) is 20.7. The van der Waals surface area contributed by atoms with Crippen molar-refractivity contribution < 1.29 is 22.4 Å². The van der Waals surface area contributed by atoms with E-state index in [-0.39, 0.29) is 11.4 Å². The number of anilines is 2. The van der Waals surface area contributed by atoms with Crippen molar-refractivity contribution in [3.63, 3.8) is 0 Å². The molecule has 1 amide bonds. The van der Waals surface area contributed by atoms with E-state index in [0.717, 1.165) is 17.5 Å². The zero-order chi connectivity index (χ0) is 21.0. The number of para-hydroxylation sites is 1. The third-order valence-electron chi connectivity index (χ3n) is 5.40. The van der Waals surface area contributed by atoms with Gasteiger partial charge >= 0.3 is 6.18 Å². The van der Waals surface area contributed by atoms with Crippen LogP contribution in [0, 0.1) is 17.1 Å². The van der Waals surface area contributed by atoms with Crippen LogP contribution in [0.4, 0.5) is 28.9 Å². The van der Waals surface area contributed by atoms with Crippen molar-refractivity contribution in [2.75, 3.05) is 9.80 Å². The Morgan fingerprint density at radius 2 is 1.97 bits per heavy atom. The first kappa shape index (κ1) is 19.5. The van der Waals surface area contributed by atoms with E-state index in [2.05, 4.69) is 17.6 Å². The Bertz CT molecular complexity index is 1030. The van der Waals surface area contributed by atoms with E-state index >= 15 is 0 Å². The lowest BCUT2D eigenvalue weighted by atomic mass is 9.75. The number of carbonyl (C=O) groups excluding carboxylic acids is 1. The number of aromatic nitrogens is 1. The predicted octanol–water partition coefficient (Wildman–Crippen LogP) is 4.10. The number of alkyl halides is 3. The number of rotatable bonds is 2. The average Bonchev–Trinajstić information content (AvgIpc) is 2.88. The van der Waals surface area contributed by atoms with Crippen LogP contribution >= 0.6 is 12.6 Å². The molecule has 10 heteroatoms. The number of carbonyl (C=O) groups is 1. The third-order valence-corrected chi connectivity index (χ3v) is 5.86. The standard InChI is InChI=1S/C19H14F4N4OS/c20-13-4-1-2-5-15(13)27-17(29)26(16(28)18(27)6-3-7-18)11-8-12(19(21,22)23)14(9-24)25-10-11/h1-2,4-5,8,10,17,29H,3,6-7H2. The van der Waals surface area contributed by atoms with Crippen LogP contribution < -0.4 is 9.80 Å². The zero-order valence-corrected chi connectivity index (χ0v) is 15.7. The first-order chi connectivity index (χ1) is 13.7. The summed E-state index contributed by atoms with van der Waals surface area (Å²) in [4.78, 5) is 19.5. The predicted molar refractivity (Wildman–Crippen MR) is 99.7 cm³/mol. The maximum atomic E-state index is 14.5. The molecule has 1 aliphatic heterocycles. The molecule has 1 atom stereocenters. The number of amides is 1. The Morgan fingerprint density at radius 1 is 1.28 bits per heavy atom. The fraction of sp³-hybridized carbons (Fsp3) is 0.316. The van der Waals surface area contributed by atoms with E-state index in [1.165, 1.54) is 29.2 Å². The first-order valence-corrected chi connectivity index (χ1v) is 9.25. The number of benzene rings is 1. The Hall–Kier alpha value is -2.80. The summed E-state index contributed by atoms with van der Waals surface area (Å²) >= 11 is 4.46. The number of hydrogen-bond acceptors (Lipinski definition) is 5. The average molecular weight is 422 g/mol. The van der Waals surface area contributed by atoms with Crippen molar-refractivity contribution in [2.45, 2.75) is 36.5 Å². The lowest BCUT2D eigenvalue weighted by Crippen LogP contribution is -2.55. The molecule has 2 aliphatic rings.